The molecule has 0 radical (unpaired) electrons. The summed E-state index contributed by atoms with van der Waals surface area (Å²) in [5.41, 5.74) is -0.430. The van der Waals surface area contributed by atoms with Crippen LogP contribution in [0.15, 0.2) is 0 Å². The van der Waals surface area contributed by atoms with Crippen molar-refractivity contribution < 1.29 is 14.3 Å². The van der Waals surface area contributed by atoms with E-state index in [1.165, 1.54) is 0 Å². The summed E-state index contributed by atoms with van der Waals surface area (Å²) in [6.45, 7) is 7.81. The molecule has 0 unspecified atom stereocenters. The van der Waals surface area contributed by atoms with Crippen molar-refractivity contribution in [1.82, 2.24) is 4.90 Å². The SMILES string of the molecule is CC(C)(C)OC(=O)N1CCC[C@H]1COCCCBr. The Labute approximate surface area is 118 Å². The van der Waals surface area contributed by atoms with Crippen molar-refractivity contribution in [2.24, 2.45) is 0 Å². The fraction of sp³-hybridized carbons (Fsp3) is 0.923. The highest BCUT2D eigenvalue weighted by molar-refractivity contribution is 9.09. The summed E-state index contributed by atoms with van der Waals surface area (Å²) in [4.78, 5) is 13.8. The molecule has 106 valence electrons. The molecule has 0 aliphatic carbocycles. The van der Waals surface area contributed by atoms with Gasteiger partial charge in [-0.25, -0.2) is 4.79 Å². The zero-order valence-electron chi connectivity index (χ0n) is 11.6. The maximum Gasteiger partial charge on any atom is 0.410 e. The van der Waals surface area contributed by atoms with E-state index in [9.17, 15) is 4.79 Å². The van der Waals surface area contributed by atoms with E-state index in [1.54, 1.807) is 4.90 Å². The Hall–Kier alpha value is -0.290. The normalized spacial score (nSPS) is 20.2. The summed E-state index contributed by atoms with van der Waals surface area (Å²) in [6.07, 6.45) is 2.83. The predicted molar refractivity (Wildman–Crippen MR) is 75.2 cm³/mol. The first kappa shape index (κ1) is 15.8. The minimum absolute atomic E-state index is 0.176. The lowest BCUT2D eigenvalue weighted by Crippen LogP contribution is -2.41. The zero-order chi connectivity index (χ0) is 13.6. The maximum absolute atomic E-state index is 12.0. The number of carbonyl (C=O) groups is 1. The molecule has 0 aromatic carbocycles. The van der Waals surface area contributed by atoms with Gasteiger partial charge in [-0.1, -0.05) is 15.9 Å². The summed E-state index contributed by atoms with van der Waals surface area (Å²) in [5.74, 6) is 0. The Morgan fingerprint density at radius 3 is 2.78 bits per heavy atom. The number of ether oxygens (including phenoxy) is 2. The second-order valence-corrected chi connectivity index (χ2v) is 6.38. The average molecular weight is 322 g/mol. The van der Waals surface area contributed by atoms with E-state index in [2.05, 4.69) is 15.9 Å². The van der Waals surface area contributed by atoms with Crippen LogP contribution in [0.2, 0.25) is 0 Å². The standard InChI is InChI=1S/C13H24BrNO3/c1-13(2,3)18-12(16)15-8-4-6-11(15)10-17-9-5-7-14/h11H,4-10H2,1-3H3/t11-/m0/s1. The van der Waals surface area contributed by atoms with Crippen LogP contribution in [0, 0.1) is 0 Å². The average Bonchev–Trinajstić information content (AvgIpc) is 2.70. The molecule has 1 saturated heterocycles. The summed E-state index contributed by atoms with van der Waals surface area (Å²) in [5, 5.41) is 0.952. The van der Waals surface area contributed by atoms with Crippen LogP contribution in [0.3, 0.4) is 0 Å². The first-order chi connectivity index (χ1) is 8.44. The van der Waals surface area contributed by atoms with Gasteiger partial charge in [0.25, 0.3) is 0 Å². The zero-order valence-corrected chi connectivity index (χ0v) is 13.2. The molecular weight excluding hydrogens is 298 g/mol. The summed E-state index contributed by atoms with van der Waals surface area (Å²) in [6, 6.07) is 0.176. The highest BCUT2D eigenvalue weighted by atomic mass is 79.9. The van der Waals surface area contributed by atoms with Crippen molar-refractivity contribution in [3.05, 3.63) is 0 Å². The van der Waals surface area contributed by atoms with Gasteiger partial charge >= 0.3 is 6.09 Å². The van der Waals surface area contributed by atoms with Gasteiger partial charge in [0.05, 0.1) is 12.6 Å². The third-order valence-corrected chi connectivity index (χ3v) is 3.30. The van der Waals surface area contributed by atoms with Gasteiger partial charge in [0.15, 0.2) is 0 Å². The van der Waals surface area contributed by atoms with Gasteiger partial charge in [-0.2, -0.15) is 0 Å². The third kappa shape index (κ3) is 5.57. The van der Waals surface area contributed by atoms with Crippen molar-refractivity contribution in [3.8, 4) is 0 Å². The van der Waals surface area contributed by atoms with E-state index in [1.807, 2.05) is 20.8 Å². The third-order valence-electron chi connectivity index (χ3n) is 2.74. The lowest BCUT2D eigenvalue weighted by atomic mass is 10.2. The van der Waals surface area contributed by atoms with Crippen molar-refractivity contribution >= 4 is 22.0 Å². The second kappa shape index (κ2) is 7.34. The van der Waals surface area contributed by atoms with Crippen LogP contribution >= 0.6 is 15.9 Å². The van der Waals surface area contributed by atoms with E-state index in [4.69, 9.17) is 9.47 Å². The smallest absolute Gasteiger partial charge is 0.410 e. The van der Waals surface area contributed by atoms with Crippen LogP contribution in [0.1, 0.15) is 40.0 Å². The van der Waals surface area contributed by atoms with E-state index >= 15 is 0 Å². The molecule has 1 aliphatic heterocycles. The quantitative estimate of drug-likeness (QED) is 0.576. The molecule has 0 N–H and O–H groups in total. The molecule has 0 aromatic heterocycles. The predicted octanol–water partition coefficient (Wildman–Crippen LogP) is 3.19. The maximum atomic E-state index is 12.0. The lowest BCUT2D eigenvalue weighted by molar-refractivity contribution is 0.0108. The van der Waals surface area contributed by atoms with Gasteiger partial charge < -0.3 is 14.4 Å². The van der Waals surface area contributed by atoms with Crippen LogP contribution in [0.4, 0.5) is 4.79 Å². The van der Waals surface area contributed by atoms with Crippen LogP contribution in [0.5, 0.6) is 0 Å². The number of amides is 1. The van der Waals surface area contributed by atoms with E-state index in [0.717, 1.165) is 37.7 Å². The van der Waals surface area contributed by atoms with Gasteiger partial charge in [0.2, 0.25) is 0 Å². The molecule has 0 aromatic rings. The first-order valence-electron chi connectivity index (χ1n) is 6.57. The number of alkyl halides is 1. The number of carbonyl (C=O) groups excluding carboxylic acids is 1. The summed E-state index contributed by atoms with van der Waals surface area (Å²) < 4.78 is 11.0. The first-order valence-corrected chi connectivity index (χ1v) is 7.69. The molecule has 0 bridgehead atoms. The van der Waals surface area contributed by atoms with Crippen LogP contribution in [0.25, 0.3) is 0 Å². The van der Waals surface area contributed by atoms with Gasteiger partial charge in [0.1, 0.15) is 5.60 Å². The second-order valence-electron chi connectivity index (χ2n) is 5.59. The fourth-order valence-corrected chi connectivity index (χ4v) is 2.17. The molecule has 0 spiro atoms. The van der Waals surface area contributed by atoms with Gasteiger partial charge in [-0.15, -0.1) is 0 Å². The van der Waals surface area contributed by atoms with Crippen molar-refractivity contribution in [2.45, 2.75) is 51.7 Å². The minimum Gasteiger partial charge on any atom is -0.444 e. The molecule has 1 atom stereocenters. The molecule has 0 saturated carbocycles. The highest BCUT2D eigenvalue weighted by Crippen LogP contribution is 2.21. The molecule has 1 heterocycles. The van der Waals surface area contributed by atoms with Crippen LogP contribution in [-0.2, 0) is 9.47 Å². The van der Waals surface area contributed by atoms with Gasteiger partial charge in [-0.05, 0) is 40.0 Å². The highest BCUT2D eigenvalue weighted by Gasteiger charge is 2.32. The Bertz CT molecular complexity index is 265. The number of likely N-dealkylation sites (tertiary alicyclic amines) is 1. The van der Waals surface area contributed by atoms with Crippen molar-refractivity contribution in [1.29, 1.82) is 0 Å². The molecule has 5 heteroatoms. The van der Waals surface area contributed by atoms with E-state index in [0.29, 0.717) is 6.61 Å². The Kier molecular flexibility index (Phi) is 6.43. The summed E-state index contributed by atoms with van der Waals surface area (Å²) in [7, 11) is 0. The van der Waals surface area contributed by atoms with Crippen molar-refractivity contribution in [3.63, 3.8) is 0 Å². The van der Waals surface area contributed by atoms with E-state index in [-0.39, 0.29) is 12.1 Å². The monoisotopic (exact) mass is 321 g/mol. The minimum atomic E-state index is -0.430. The Morgan fingerprint density at radius 2 is 2.17 bits per heavy atom. The molecule has 1 rings (SSSR count). The topological polar surface area (TPSA) is 38.8 Å². The van der Waals surface area contributed by atoms with Crippen molar-refractivity contribution in [2.75, 3.05) is 25.1 Å². The Morgan fingerprint density at radius 1 is 1.44 bits per heavy atom. The van der Waals surface area contributed by atoms with Gasteiger partial charge in [-0.3, -0.25) is 0 Å². The molecule has 1 aliphatic rings. The fourth-order valence-electron chi connectivity index (χ4n) is 1.95. The molecule has 18 heavy (non-hydrogen) atoms. The summed E-state index contributed by atoms with van der Waals surface area (Å²) >= 11 is 3.37. The Balaban J connectivity index is 2.36. The molecule has 1 amide bonds. The number of hydrogen-bond acceptors (Lipinski definition) is 3. The largest absolute Gasteiger partial charge is 0.444 e. The lowest BCUT2D eigenvalue weighted by Gasteiger charge is -2.28. The van der Waals surface area contributed by atoms with Crippen LogP contribution in [-0.4, -0.2) is 47.7 Å². The number of hydrogen-bond donors (Lipinski definition) is 0. The molecule has 1 fully saturated rings. The van der Waals surface area contributed by atoms with Gasteiger partial charge in [0, 0.05) is 18.5 Å². The molecule has 4 nitrogen and oxygen atoms in total. The number of rotatable bonds is 5. The number of halogens is 1. The molecular formula is C13H24BrNO3. The van der Waals surface area contributed by atoms with E-state index < -0.39 is 5.60 Å². The number of nitrogens with zero attached hydrogens (tertiary/aromatic N) is 1. The van der Waals surface area contributed by atoms with Crippen LogP contribution < -0.4 is 0 Å².